The molecule has 0 bridgehead atoms. The number of oxazole rings is 1. The number of hydrogen-bond donors (Lipinski definition) is 5. The van der Waals surface area contributed by atoms with Crippen molar-refractivity contribution >= 4 is 18.9 Å². The highest BCUT2D eigenvalue weighted by molar-refractivity contribution is 7.62. The lowest BCUT2D eigenvalue weighted by molar-refractivity contribution is -0.112. The van der Waals surface area contributed by atoms with Crippen molar-refractivity contribution in [3.05, 3.63) is 5.89 Å². The van der Waals surface area contributed by atoms with Crippen molar-refractivity contribution in [1.29, 1.82) is 0 Å². The molecule has 1 aromatic rings. The molecule has 12 heteroatoms. The summed E-state index contributed by atoms with van der Waals surface area (Å²) in [6, 6.07) is 0. The molecule has 0 radical (unpaired) electrons. The van der Waals surface area contributed by atoms with Gasteiger partial charge < -0.3 is 43.9 Å². The number of aliphatic hydroxyl groups excluding tert-OH is 5. The van der Waals surface area contributed by atoms with E-state index in [4.69, 9.17) is 18.6 Å². The Morgan fingerprint density at radius 3 is 2.11 bits per heavy atom. The van der Waals surface area contributed by atoms with Crippen LogP contribution in [0.1, 0.15) is 19.7 Å². The van der Waals surface area contributed by atoms with E-state index in [2.05, 4.69) is 4.98 Å². The van der Waals surface area contributed by atoms with Gasteiger partial charge in [0.1, 0.15) is 24.4 Å². The van der Waals surface area contributed by atoms with E-state index in [-0.39, 0.29) is 37.0 Å². The van der Waals surface area contributed by atoms with E-state index in [9.17, 15) is 25.0 Å². The van der Waals surface area contributed by atoms with Gasteiger partial charge in [-0.05, 0) is 13.8 Å². The third-order valence-corrected chi connectivity index (χ3v) is 5.70. The summed E-state index contributed by atoms with van der Waals surface area (Å²) in [4.78, 5) is 5.41. The molecule has 27 heavy (non-hydrogen) atoms. The van der Waals surface area contributed by atoms with E-state index in [1.807, 2.05) is 0 Å². The van der Waals surface area contributed by atoms with Crippen LogP contribution in [0.3, 0.4) is 0 Å². The second-order valence-electron chi connectivity index (χ2n) is 5.87. The van der Waals surface area contributed by atoms with Gasteiger partial charge in [-0.25, -0.2) is 4.98 Å². The molecule has 0 saturated heterocycles. The maximum atomic E-state index is 13.0. The van der Waals surface area contributed by atoms with Gasteiger partial charge in [0.05, 0.1) is 19.8 Å². The Labute approximate surface area is 157 Å². The summed E-state index contributed by atoms with van der Waals surface area (Å²) in [5, 5.41) is 48.0. The molecule has 0 unspecified atom stereocenters. The summed E-state index contributed by atoms with van der Waals surface area (Å²) in [6.45, 7) is 4.01. The predicted molar refractivity (Wildman–Crippen MR) is 96.1 cm³/mol. The van der Waals surface area contributed by atoms with E-state index in [1.165, 1.54) is 18.9 Å². The molecule has 11 nitrogen and oxygen atoms in total. The normalized spacial score (nSPS) is 16.8. The van der Waals surface area contributed by atoms with Gasteiger partial charge >= 0.3 is 7.60 Å². The lowest BCUT2D eigenvalue weighted by Crippen LogP contribution is -2.49. The Bertz CT molecular complexity index is 616. The zero-order valence-corrected chi connectivity index (χ0v) is 16.7. The van der Waals surface area contributed by atoms with Crippen molar-refractivity contribution in [3.8, 4) is 0 Å². The van der Waals surface area contributed by atoms with Gasteiger partial charge in [-0.1, -0.05) is 0 Å². The van der Waals surface area contributed by atoms with Crippen LogP contribution in [0.2, 0.25) is 0 Å². The lowest BCUT2D eigenvalue weighted by atomic mass is 10.0. The van der Waals surface area contributed by atoms with Crippen molar-refractivity contribution in [1.82, 2.24) is 4.98 Å². The Hall–Kier alpha value is -1.04. The molecule has 1 aromatic heterocycles. The van der Waals surface area contributed by atoms with Crippen LogP contribution < -0.4 is 10.3 Å². The zero-order chi connectivity index (χ0) is 20.8. The standard InChI is InChI=1S/C15H29N2O9P/c1-5-24-27(23,25-6-2)14-15(26-9(3)16-14)17(4)7-10(19)12(21)13(22)11(20)8-18/h10-13,18-22H,5-8H2,1-4H3/t10-,11+,12-,13-/m0/s1. The molecule has 0 aromatic carbocycles. The van der Waals surface area contributed by atoms with E-state index >= 15 is 0 Å². The van der Waals surface area contributed by atoms with Gasteiger partial charge in [0, 0.05) is 20.5 Å². The zero-order valence-electron chi connectivity index (χ0n) is 15.8. The number of aryl methyl sites for hydroxylation is 1. The summed E-state index contributed by atoms with van der Waals surface area (Å²) in [5.41, 5.74) is -0.0659. The van der Waals surface area contributed by atoms with E-state index < -0.39 is 38.6 Å². The summed E-state index contributed by atoms with van der Waals surface area (Å²) in [6.07, 6.45) is -6.64. The van der Waals surface area contributed by atoms with Gasteiger partial charge in [-0.2, -0.15) is 0 Å². The molecule has 0 spiro atoms. The number of aromatic nitrogens is 1. The van der Waals surface area contributed by atoms with Crippen LogP contribution in [0.5, 0.6) is 0 Å². The number of rotatable bonds is 12. The highest BCUT2D eigenvalue weighted by Crippen LogP contribution is 2.49. The maximum absolute atomic E-state index is 13.0. The third kappa shape index (κ3) is 5.97. The topological polar surface area (TPSA) is 166 Å². The molecule has 5 N–H and O–H groups in total. The minimum absolute atomic E-state index is 0.0150. The molecule has 0 aliphatic heterocycles. The SMILES string of the molecule is CCOP(=O)(OCC)c1nc(C)oc1N(C)C[C@H](O)[C@H](O)[C@@H](O)[C@H](O)CO. The Balaban J connectivity index is 3.04. The van der Waals surface area contributed by atoms with Crippen molar-refractivity contribution in [2.45, 2.75) is 45.2 Å². The molecular weight excluding hydrogens is 383 g/mol. The first-order valence-electron chi connectivity index (χ1n) is 8.52. The monoisotopic (exact) mass is 412 g/mol. The number of likely N-dealkylation sites (N-methyl/N-ethyl adjacent to an activating group) is 1. The summed E-state index contributed by atoms with van der Waals surface area (Å²) < 4.78 is 29.0. The summed E-state index contributed by atoms with van der Waals surface area (Å²) in [5.74, 6) is 0.207. The summed E-state index contributed by atoms with van der Waals surface area (Å²) >= 11 is 0. The van der Waals surface area contributed by atoms with E-state index in [1.54, 1.807) is 13.8 Å². The molecule has 158 valence electrons. The molecular formula is C15H29N2O9P. The fourth-order valence-electron chi connectivity index (χ4n) is 2.37. The molecule has 4 atom stereocenters. The fraction of sp³-hybridized carbons (Fsp3) is 0.800. The smallest absolute Gasteiger partial charge is 0.385 e. The minimum atomic E-state index is -3.76. The van der Waals surface area contributed by atoms with Gasteiger partial charge in [-0.15, -0.1) is 0 Å². The Kier molecular flexibility index (Phi) is 9.32. The quantitative estimate of drug-likeness (QED) is 0.260. The van der Waals surface area contributed by atoms with Crippen LogP contribution in [0.4, 0.5) is 5.88 Å². The number of anilines is 1. The minimum Gasteiger partial charge on any atom is -0.424 e. The largest absolute Gasteiger partial charge is 0.424 e. The van der Waals surface area contributed by atoms with Crippen LogP contribution in [-0.2, 0) is 13.6 Å². The second-order valence-corrected chi connectivity index (χ2v) is 7.81. The first kappa shape index (κ1) is 24.0. The average Bonchev–Trinajstić information content (AvgIpc) is 3.02. The van der Waals surface area contributed by atoms with Crippen LogP contribution in [0.15, 0.2) is 4.42 Å². The highest BCUT2D eigenvalue weighted by Gasteiger charge is 2.38. The van der Waals surface area contributed by atoms with Crippen molar-refractivity contribution in [2.75, 3.05) is 38.3 Å². The Morgan fingerprint density at radius 1 is 1.11 bits per heavy atom. The van der Waals surface area contributed by atoms with Crippen molar-refractivity contribution in [3.63, 3.8) is 0 Å². The molecule has 0 amide bonds. The van der Waals surface area contributed by atoms with E-state index in [0.717, 1.165) is 0 Å². The number of nitrogens with zero attached hydrogens (tertiary/aromatic N) is 2. The highest BCUT2D eigenvalue weighted by atomic mass is 31.2. The van der Waals surface area contributed by atoms with Crippen LogP contribution in [-0.4, -0.2) is 88.3 Å². The van der Waals surface area contributed by atoms with Crippen molar-refractivity contribution < 1.29 is 43.6 Å². The molecule has 0 aliphatic rings. The molecule has 1 rings (SSSR count). The first-order valence-corrected chi connectivity index (χ1v) is 10.1. The number of aliphatic hydroxyl groups is 5. The van der Waals surface area contributed by atoms with Crippen LogP contribution in [0, 0.1) is 6.92 Å². The predicted octanol–water partition coefficient (Wildman–Crippen LogP) is -1.25. The van der Waals surface area contributed by atoms with E-state index in [0.29, 0.717) is 0 Å². The fourth-order valence-corrected chi connectivity index (χ4v) is 4.08. The molecule has 0 fully saturated rings. The van der Waals surface area contributed by atoms with Crippen LogP contribution >= 0.6 is 7.60 Å². The lowest BCUT2D eigenvalue weighted by Gasteiger charge is -2.29. The molecule has 0 saturated carbocycles. The second kappa shape index (κ2) is 10.5. The van der Waals surface area contributed by atoms with Gasteiger partial charge in [0.2, 0.25) is 11.3 Å². The molecule has 1 heterocycles. The van der Waals surface area contributed by atoms with Gasteiger partial charge in [0.25, 0.3) is 0 Å². The molecule has 0 aliphatic carbocycles. The van der Waals surface area contributed by atoms with Crippen molar-refractivity contribution in [2.24, 2.45) is 0 Å². The van der Waals surface area contributed by atoms with Gasteiger partial charge in [-0.3, -0.25) is 4.57 Å². The first-order chi connectivity index (χ1) is 12.6. The maximum Gasteiger partial charge on any atom is 0.385 e. The van der Waals surface area contributed by atoms with Gasteiger partial charge in [0.15, 0.2) is 5.89 Å². The summed E-state index contributed by atoms with van der Waals surface area (Å²) in [7, 11) is -2.28. The van der Waals surface area contributed by atoms with Crippen LogP contribution in [0.25, 0.3) is 0 Å². The Morgan fingerprint density at radius 2 is 1.63 bits per heavy atom. The number of hydrogen-bond acceptors (Lipinski definition) is 11. The third-order valence-electron chi connectivity index (χ3n) is 3.69. The average molecular weight is 412 g/mol.